The summed E-state index contributed by atoms with van der Waals surface area (Å²) in [6, 6.07) is 10.5. The van der Waals surface area contributed by atoms with Crippen molar-refractivity contribution in [1.82, 2.24) is 15.6 Å². The van der Waals surface area contributed by atoms with Crippen molar-refractivity contribution in [3.8, 4) is 0 Å². The number of rotatable bonds is 6. The highest BCUT2D eigenvalue weighted by Gasteiger charge is 2.04. The molecule has 25 heavy (non-hydrogen) atoms. The Labute approximate surface area is 173 Å². The molecule has 134 valence electrons. The molecule has 2 aromatic heterocycles. The zero-order chi connectivity index (χ0) is 16.8. The van der Waals surface area contributed by atoms with E-state index < -0.39 is 0 Å². The Balaban J connectivity index is 0.00000225. The number of thiazole rings is 1. The van der Waals surface area contributed by atoms with Crippen LogP contribution in [0.5, 0.6) is 0 Å². The van der Waals surface area contributed by atoms with Gasteiger partial charge in [0.25, 0.3) is 0 Å². The summed E-state index contributed by atoms with van der Waals surface area (Å²) in [6.45, 7) is 3.85. The molecule has 0 bridgehead atoms. The van der Waals surface area contributed by atoms with Crippen LogP contribution in [-0.4, -0.2) is 24.5 Å². The number of nitrogens with zero attached hydrogens (tertiary/aromatic N) is 2. The first-order chi connectivity index (χ1) is 11.8. The molecule has 2 N–H and O–H groups in total. The van der Waals surface area contributed by atoms with Gasteiger partial charge in [0.1, 0.15) is 0 Å². The van der Waals surface area contributed by atoms with E-state index in [1.807, 2.05) is 13.1 Å². The van der Waals surface area contributed by atoms with Gasteiger partial charge >= 0.3 is 0 Å². The molecular weight excluding hydrogens is 463 g/mol. The van der Waals surface area contributed by atoms with E-state index in [1.165, 1.54) is 20.1 Å². The first-order valence-corrected chi connectivity index (χ1v) is 9.78. The standard InChI is InChI=1S/C18H22N4S2.HI/c1-13-9-11-23-16(13)12-21-18(19-2)20-10-5-8-17-22-14-6-3-4-7-15(14)24-17;/h3-4,6-7,9,11H,5,8,10,12H2,1-2H3,(H2,19,20,21);1H. The van der Waals surface area contributed by atoms with Crippen molar-refractivity contribution in [2.75, 3.05) is 13.6 Å². The second-order valence-corrected chi connectivity index (χ2v) is 7.67. The minimum atomic E-state index is 0. The number of para-hydroxylation sites is 1. The lowest BCUT2D eigenvalue weighted by Gasteiger charge is -2.11. The molecule has 0 saturated carbocycles. The monoisotopic (exact) mass is 486 g/mol. The van der Waals surface area contributed by atoms with Crippen LogP contribution in [0.25, 0.3) is 10.2 Å². The van der Waals surface area contributed by atoms with Crippen LogP contribution in [0, 0.1) is 6.92 Å². The summed E-state index contributed by atoms with van der Waals surface area (Å²) in [5.41, 5.74) is 2.44. The Hall–Kier alpha value is -1.19. The van der Waals surface area contributed by atoms with Gasteiger partial charge in [0, 0.05) is 24.9 Å². The molecule has 1 aromatic carbocycles. The van der Waals surface area contributed by atoms with E-state index in [4.69, 9.17) is 0 Å². The molecule has 4 nitrogen and oxygen atoms in total. The molecular formula is C18H23IN4S2. The van der Waals surface area contributed by atoms with Gasteiger partial charge in [0.2, 0.25) is 0 Å². The SMILES string of the molecule is CN=C(NCCCc1nc2ccccc2s1)NCc1sccc1C.I. The summed E-state index contributed by atoms with van der Waals surface area (Å²) in [5.74, 6) is 0.854. The third-order valence-electron chi connectivity index (χ3n) is 3.81. The summed E-state index contributed by atoms with van der Waals surface area (Å²) in [4.78, 5) is 10.3. The Bertz CT molecular complexity index is 792. The van der Waals surface area contributed by atoms with Gasteiger partial charge in [-0.15, -0.1) is 46.7 Å². The van der Waals surface area contributed by atoms with E-state index in [9.17, 15) is 0 Å². The lowest BCUT2D eigenvalue weighted by molar-refractivity contribution is 0.741. The number of halogens is 1. The molecule has 0 spiro atoms. The molecule has 3 rings (SSSR count). The predicted molar refractivity (Wildman–Crippen MR) is 121 cm³/mol. The van der Waals surface area contributed by atoms with Crippen LogP contribution in [0.3, 0.4) is 0 Å². The third kappa shape index (κ3) is 5.65. The van der Waals surface area contributed by atoms with Crippen molar-refractivity contribution in [2.24, 2.45) is 4.99 Å². The number of fused-ring (bicyclic) bond motifs is 1. The molecule has 3 aromatic rings. The number of benzene rings is 1. The number of aliphatic imine (C=N–C) groups is 1. The topological polar surface area (TPSA) is 49.3 Å². The van der Waals surface area contributed by atoms with Gasteiger partial charge in [-0.1, -0.05) is 12.1 Å². The van der Waals surface area contributed by atoms with E-state index in [1.54, 1.807) is 22.7 Å². The molecule has 0 fully saturated rings. The molecule has 0 atom stereocenters. The first kappa shape index (κ1) is 20.1. The van der Waals surface area contributed by atoms with Gasteiger partial charge in [-0.25, -0.2) is 4.98 Å². The molecule has 0 unspecified atom stereocenters. The Kier molecular flexibility index (Phi) is 8.11. The molecule has 0 saturated heterocycles. The van der Waals surface area contributed by atoms with Crippen molar-refractivity contribution >= 4 is 62.8 Å². The lowest BCUT2D eigenvalue weighted by Crippen LogP contribution is -2.37. The quantitative estimate of drug-likeness (QED) is 0.232. The predicted octanol–water partition coefficient (Wildman–Crippen LogP) is 4.58. The number of aryl methyl sites for hydroxylation is 2. The highest BCUT2D eigenvalue weighted by Crippen LogP contribution is 2.22. The van der Waals surface area contributed by atoms with Gasteiger partial charge in [0.15, 0.2) is 5.96 Å². The van der Waals surface area contributed by atoms with E-state index >= 15 is 0 Å². The fourth-order valence-electron chi connectivity index (χ4n) is 2.44. The van der Waals surface area contributed by atoms with Gasteiger partial charge in [0.05, 0.1) is 21.8 Å². The van der Waals surface area contributed by atoms with Crippen LogP contribution in [0.15, 0.2) is 40.7 Å². The Morgan fingerprint density at radius 3 is 2.76 bits per heavy atom. The molecule has 0 aliphatic heterocycles. The summed E-state index contributed by atoms with van der Waals surface area (Å²) < 4.78 is 1.27. The van der Waals surface area contributed by atoms with Crippen molar-refractivity contribution in [3.05, 3.63) is 51.2 Å². The highest BCUT2D eigenvalue weighted by atomic mass is 127. The average Bonchev–Trinajstić information content (AvgIpc) is 3.19. The maximum absolute atomic E-state index is 4.68. The molecule has 0 amide bonds. The average molecular weight is 486 g/mol. The molecule has 2 heterocycles. The van der Waals surface area contributed by atoms with Crippen molar-refractivity contribution < 1.29 is 0 Å². The van der Waals surface area contributed by atoms with Crippen molar-refractivity contribution in [3.63, 3.8) is 0 Å². The summed E-state index contributed by atoms with van der Waals surface area (Å²) >= 11 is 3.57. The van der Waals surface area contributed by atoms with Crippen molar-refractivity contribution in [1.29, 1.82) is 0 Å². The lowest BCUT2D eigenvalue weighted by atomic mass is 10.3. The van der Waals surface area contributed by atoms with Crippen LogP contribution in [0.2, 0.25) is 0 Å². The van der Waals surface area contributed by atoms with Crippen LogP contribution in [-0.2, 0) is 13.0 Å². The van der Waals surface area contributed by atoms with Crippen molar-refractivity contribution in [2.45, 2.75) is 26.3 Å². The molecule has 7 heteroatoms. The second-order valence-electron chi connectivity index (χ2n) is 5.56. The van der Waals surface area contributed by atoms with E-state index in [2.05, 4.69) is 57.2 Å². The van der Waals surface area contributed by atoms with Crippen LogP contribution >= 0.6 is 46.7 Å². The highest BCUT2D eigenvalue weighted by molar-refractivity contribution is 14.0. The number of hydrogen-bond donors (Lipinski definition) is 2. The van der Waals surface area contributed by atoms with E-state index in [0.29, 0.717) is 0 Å². The minimum Gasteiger partial charge on any atom is -0.356 e. The fourth-order valence-corrected chi connectivity index (χ4v) is 4.30. The normalized spacial score (nSPS) is 11.4. The minimum absolute atomic E-state index is 0. The van der Waals surface area contributed by atoms with Gasteiger partial charge in [-0.05, 0) is 42.5 Å². The number of aromatic nitrogens is 1. The number of thiophene rings is 1. The third-order valence-corrected chi connectivity index (χ3v) is 5.93. The van der Waals surface area contributed by atoms with E-state index in [0.717, 1.165) is 37.4 Å². The number of nitrogens with one attached hydrogen (secondary N) is 2. The Morgan fingerprint density at radius 1 is 1.20 bits per heavy atom. The first-order valence-electron chi connectivity index (χ1n) is 8.08. The summed E-state index contributed by atoms with van der Waals surface area (Å²) in [5, 5.41) is 10.1. The zero-order valence-electron chi connectivity index (χ0n) is 14.4. The van der Waals surface area contributed by atoms with Gasteiger partial charge in [-0.2, -0.15) is 0 Å². The van der Waals surface area contributed by atoms with Crippen LogP contribution in [0.4, 0.5) is 0 Å². The van der Waals surface area contributed by atoms with Gasteiger partial charge < -0.3 is 10.6 Å². The Morgan fingerprint density at radius 2 is 2.04 bits per heavy atom. The summed E-state index contributed by atoms with van der Waals surface area (Å²) in [7, 11) is 1.81. The van der Waals surface area contributed by atoms with Crippen LogP contribution < -0.4 is 10.6 Å². The maximum Gasteiger partial charge on any atom is 0.191 e. The van der Waals surface area contributed by atoms with E-state index in [-0.39, 0.29) is 24.0 Å². The maximum atomic E-state index is 4.68. The largest absolute Gasteiger partial charge is 0.356 e. The summed E-state index contributed by atoms with van der Waals surface area (Å²) in [6.07, 6.45) is 2.03. The number of hydrogen-bond acceptors (Lipinski definition) is 4. The van der Waals surface area contributed by atoms with Crippen LogP contribution in [0.1, 0.15) is 21.9 Å². The fraction of sp³-hybridized carbons (Fsp3) is 0.333. The zero-order valence-corrected chi connectivity index (χ0v) is 18.4. The molecule has 0 aliphatic carbocycles. The second kappa shape index (κ2) is 10.1. The molecule has 0 radical (unpaired) electrons. The smallest absolute Gasteiger partial charge is 0.191 e. The number of guanidine groups is 1. The molecule has 0 aliphatic rings. The van der Waals surface area contributed by atoms with Gasteiger partial charge in [-0.3, -0.25) is 4.99 Å².